The molecule has 0 aromatic carbocycles. The molecule has 0 atom stereocenters. The summed E-state index contributed by atoms with van der Waals surface area (Å²) >= 11 is 3.31. The molecule has 0 radical (unpaired) electrons. The molecule has 0 amide bonds. The van der Waals surface area contributed by atoms with Gasteiger partial charge in [-0.2, -0.15) is 0 Å². The van der Waals surface area contributed by atoms with Crippen LogP contribution in [0, 0.1) is 0 Å². The Morgan fingerprint density at radius 1 is 1.27 bits per heavy atom. The van der Waals surface area contributed by atoms with Gasteiger partial charge in [-0.25, -0.2) is 8.78 Å². The number of aromatic nitrogens is 1. The van der Waals surface area contributed by atoms with Crippen LogP contribution in [0.5, 0.6) is 0 Å². The highest BCUT2D eigenvalue weighted by molar-refractivity contribution is 9.10. The van der Waals surface area contributed by atoms with Gasteiger partial charge < -0.3 is 4.90 Å². The zero-order valence-corrected chi connectivity index (χ0v) is 9.67. The summed E-state index contributed by atoms with van der Waals surface area (Å²) in [7, 11) is 0. The lowest BCUT2D eigenvalue weighted by Crippen LogP contribution is -2.39. The quantitative estimate of drug-likeness (QED) is 0.784. The van der Waals surface area contributed by atoms with Gasteiger partial charge in [0.1, 0.15) is 0 Å². The Labute approximate surface area is 95.4 Å². The molecule has 2 rings (SSSR count). The van der Waals surface area contributed by atoms with Gasteiger partial charge in [0.2, 0.25) is 0 Å². The number of anilines is 1. The molecule has 0 N–H and O–H groups in total. The fourth-order valence-electron chi connectivity index (χ4n) is 1.67. The predicted octanol–water partition coefficient (Wildman–Crippen LogP) is 3.08. The topological polar surface area (TPSA) is 16.1 Å². The highest BCUT2D eigenvalue weighted by atomic mass is 79.9. The van der Waals surface area contributed by atoms with Crippen LogP contribution >= 0.6 is 15.9 Å². The molecule has 5 heteroatoms. The van der Waals surface area contributed by atoms with Gasteiger partial charge >= 0.3 is 0 Å². The SMILES string of the molecule is FC1(F)CCN(c2cncc(Br)c2)CC1. The van der Waals surface area contributed by atoms with Crippen LogP contribution in [0.25, 0.3) is 0 Å². The van der Waals surface area contributed by atoms with Gasteiger partial charge in [-0.15, -0.1) is 0 Å². The fourth-order valence-corrected chi connectivity index (χ4v) is 2.02. The molecule has 1 saturated heterocycles. The van der Waals surface area contributed by atoms with Gasteiger partial charge in [-0.3, -0.25) is 4.98 Å². The molecule has 0 spiro atoms. The van der Waals surface area contributed by atoms with E-state index in [0.29, 0.717) is 13.1 Å². The normalized spacial score (nSPS) is 20.3. The van der Waals surface area contributed by atoms with E-state index in [1.807, 2.05) is 11.0 Å². The van der Waals surface area contributed by atoms with Crippen molar-refractivity contribution in [3.05, 3.63) is 22.9 Å². The second-order valence-corrected chi connectivity index (χ2v) is 4.62. The van der Waals surface area contributed by atoms with Crippen molar-refractivity contribution in [2.24, 2.45) is 0 Å². The molecule has 15 heavy (non-hydrogen) atoms. The molecule has 1 aliphatic rings. The molecule has 82 valence electrons. The molecule has 0 saturated carbocycles. The minimum Gasteiger partial charge on any atom is -0.370 e. The Kier molecular flexibility index (Phi) is 2.91. The Morgan fingerprint density at radius 3 is 2.53 bits per heavy atom. The van der Waals surface area contributed by atoms with Crippen LogP contribution in [-0.4, -0.2) is 24.0 Å². The van der Waals surface area contributed by atoms with E-state index in [1.54, 1.807) is 12.4 Å². The lowest BCUT2D eigenvalue weighted by atomic mass is 10.1. The van der Waals surface area contributed by atoms with Crippen molar-refractivity contribution in [3.63, 3.8) is 0 Å². The number of hydrogen-bond donors (Lipinski definition) is 0. The molecule has 1 fully saturated rings. The van der Waals surface area contributed by atoms with E-state index in [4.69, 9.17) is 0 Å². The third kappa shape index (κ3) is 2.65. The smallest absolute Gasteiger partial charge is 0.251 e. The van der Waals surface area contributed by atoms with Crippen LogP contribution in [0.15, 0.2) is 22.9 Å². The summed E-state index contributed by atoms with van der Waals surface area (Å²) in [6, 6.07) is 1.90. The van der Waals surface area contributed by atoms with Crippen molar-refractivity contribution >= 4 is 21.6 Å². The molecule has 0 bridgehead atoms. The number of pyridine rings is 1. The maximum atomic E-state index is 12.9. The highest BCUT2D eigenvalue weighted by Crippen LogP contribution is 2.30. The third-order valence-corrected chi connectivity index (χ3v) is 2.98. The predicted molar refractivity (Wildman–Crippen MR) is 58.3 cm³/mol. The van der Waals surface area contributed by atoms with E-state index < -0.39 is 5.92 Å². The number of rotatable bonds is 1. The first kappa shape index (κ1) is 10.8. The van der Waals surface area contributed by atoms with Crippen LogP contribution in [0.1, 0.15) is 12.8 Å². The van der Waals surface area contributed by atoms with Crippen molar-refractivity contribution in [2.45, 2.75) is 18.8 Å². The van der Waals surface area contributed by atoms with Crippen LogP contribution < -0.4 is 4.90 Å². The first-order chi connectivity index (χ1) is 7.07. The first-order valence-electron chi connectivity index (χ1n) is 4.80. The molecule has 2 heterocycles. The molecule has 1 aliphatic heterocycles. The minimum atomic E-state index is -2.49. The average Bonchev–Trinajstić information content (AvgIpc) is 2.17. The van der Waals surface area contributed by atoms with Gasteiger partial charge in [0, 0.05) is 36.6 Å². The lowest BCUT2D eigenvalue weighted by Gasteiger charge is -2.33. The monoisotopic (exact) mass is 276 g/mol. The summed E-state index contributed by atoms with van der Waals surface area (Å²) in [4.78, 5) is 5.96. The van der Waals surface area contributed by atoms with Crippen LogP contribution in [-0.2, 0) is 0 Å². The second kappa shape index (κ2) is 4.04. The summed E-state index contributed by atoms with van der Waals surface area (Å²) in [5.41, 5.74) is 0.903. The van der Waals surface area contributed by atoms with Crippen LogP contribution in [0.4, 0.5) is 14.5 Å². The van der Waals surface area contributed by atoms with Crippen molar-refractivity contribution in [3.8, 4) is 0 Å². The highest BCUT2D eigenvalue weighted by Gasteiger charge is 2.34. The van der Waals surface area contributed by atoms with E-state index in [1.165, 1.54) is 0 Å². The molecule has 0 unspecified atom stereocenters. The maximum Gasteiger partial charge on any atom is 0.251 e. The number of nitrogens with zero attached hydrogens (tertiary/aromatic N) is 2. The van der Waals surface area contributed by atoms with Crippen LogP contribution in [0.3, 0.4) is 0 Å². The lowest BCUT2D eigenvalue weighted by molar-refractivity contribution is -0.0220. The number of halogens is 3. The van der Waals surface area contributed by atoms with E-state index in [2.05, 4.69) is 20.9 Å². The van der Waals surface area contributed by atoms with Gasteiger partial charge in [-0.05, 0) is 22.0 Å². The van der Waals surface area contributed by atoms with Crippen molar-refractivity contribution < 1.29 is 8.78 Å². The summed E-state index contributed by atoms with van der Waals surface area (Å²) in [5, 5.41) is 0. The van der Waals surface area contributed by atoms with Gasteiger partial charge in [0.15, 0.2) is 0 Å². The Bertz CT molecular complexity index is 347. The van der Waals surface area contributed by atoms with Crippen molar-refractivity contribution in [2.75, 3.05) is 18.0 Å². The zero-order valence-electron chi connectivity index (χ0n) is 8.09. The number of alkyl halides is 2. The average molecular weight is 277 g/mol. The summed E-state index contributed by atoms with van der Waals surface area (Å²) in [6.45, 7) is 0.788. The Hall–Kier alpha value is -0.710. The Balaban J connectivity index is 2.08. The Morgan fingerprint density at radius 2 is 1.93 bits per heavy atom. The largest absolute Gasteiger partial charge is 0.370 e. The maximum absolute atomic E-state index is 12.9. The summed E-state index contributed by atoms with van der Waals surface area (Å²) < 4.78 is 26.7. The molecule has 2 nitrogen and oxygen atoms in total. The molecule has 0 aliphatic carbocycles. The third-order valence-electron chi connectivity index (χ3n) is 2.55. The van der Waals surface area contributed by atoms with E-state index in [-0.39, 0.29) is 12.8 Å². The molecular weight excluding hydrogens is 266 g/mol. The zero-order chi connectivity index (χ0) is 10.9. The molecule has 1 aromatic rings. The fraction of sp³-hybridized carbons (Fsp3) is 0.500. The minimum absolute atomic E-state index is 0.0699. The van der Waals surface area contributed by atoms with Crippen molar-refractivity contribution in [1.82, 2.24) is 4.98 Å². The summed E-state index contributed by atoms with van der Waals surface area (Å²) in [6.07, 6.45) is 3.25. The van der Waals surface area contributed by atoms with Crippen molar-refractivity contribution in [1.29, 1.82) is 0 Å². The summed E-state index contributed by atoms with van der Waals surface area (Å²) in [5.74, 6) is -2.49. The van der Waals surface area contributed by atoms with Crippen LogP contribution in [0.2, 0.25) is 0 Å². The molecule has 1 aromatic heterocycles. The van der Waals surface area contributed by atoms with Gasteiger partial charge in [0.25, 0.3) is 5.92 Å². The standard InChI is InChI=1S/C10H11BrF2N2/c11-8-5-9(7-14-6-8)15-3-1-10(12,13)2-4-15/h5-7H,1-4H2. The second-order valence-electron chi connectivity index (χ2n) is 3.70. The number of hydrogen-bond acceptors (Lipinski definition) is 2. The van der Waals surface area contributed by atoms with Gasteiger partial charge in [-0.1, -0.05) is 0 Å². The van der Waals surface area contributed by atoms with E-state index in [9.17, 15) is 8.78 Å². The molecular formula is C10H11BrF2N2. The van der Waals surface area contributed by atoms with E-state index >= 15 is 0 Å². The number of piperidine rings is 1. The first-order valence-corrected chi connectivity index (χ1v) is 5.59. The van der Waals surface area contributed by atoms with E-state index in [0.717, 1.165) is 10.2 Å². The van der Waals surface area contributed by atoms with Gasteiger partial charge in [0.05, 0.1) is 11.9 Å².